The Morgan fingerprint density at radius 3 is 2.23 bits per heavy atom. The molecule has 1 aromatic heterocycles. The molecular weight excluding hydrogens is 436 g/mol. The molecule has 0 spiro atoms. The molecule has 0 fully saturated rings. The van der Waals surface area contributed by atoms with E-state index in [1.54, 1.807) is 0 Å². The third-order valence-electron chi connectivity index (χ3n) is 5.29. The number of anilines is 1. The number of rotatable bonds is 3. The number of fused-ring (bicyclic) bond motifs is 1. The first-order valence-electron chi connectivity index (χ1n) is 9.88. The lowest BCUT2D eigenvalue weighted by Gasteiger charge is -2.14. The van der Waals surface area contributed by atoms with Crippen LogP contribution in [0.1, 0.15) is 32.6 Å². The average molecular weight is 459 g/mol. The molecule has 1 N–H and O–H groups in total. The van der Waals surface area contributed by atoms with Gasteiger partial charge >= 0.3 is 0 Å². The zero-order chi connectivity index (χ0) is 21.4. The highest BCUT2D eigenvalue weighted by Crippen LogP contribution is 2.30. The maximum atomic E-state index is 13.4. The van der Waals surface area contributed by atoms with Gasteiger partial charge in [0.2, 0.25) is 0 Å². The molecule has 0 saturated heterocycles. The number of aromatic nitrogens is 1. The molecule has 150 valence electrons. The van der Waals surface area contributed by atoms with E-state index in [-0.39, 0.29) is 5.91 Å². The standard InChI is InChI=1S/C26H23BrN2O/c1-15-5-8-19(9-6-15)24-14-22(21-13-20(27)12-18(4)25(21)28-24)26(30)29-23-10-7-16(2)11-17(23)3/h5-14H,1-4H3,(H,29,30). The number of halogens is 1. The van der Waals surface area contributed by atoms with Crippen LogP contribution in [0.2, 0.25) is 0 Å². The van der Waals surface area contributed by atoms with Crippen LogP contribution in [-0.4, -0.2) is 10.9 Å². The molecule has 4 rings (SSSR count). The number of carbonyl (C=O) groups is 1. The molecular formula is C26H23BrN2O. The molecule has 4 heteroatoms. The molecule has 1 amide bonds. The highest BCUT2D eigenvalue weighted by atomic mass is 79.9. The summed E-state index contributed by atoms with van der Waals surface area (Å²) in [5.74, 6) is -0.139. The summed E-state index contributed by atoms with van der Waals surface area (Å²) in [7, 11) is 0. The molecule has 0 radical (unpaired) electrons. The number of carbonyl (C=O) groups excluding carboxylic acids is 1. The molecule has 4 aromatic rings. The second-order valence-electron chi connectivity index (χ2n) is 7.81. The molecule has 0 bridgehead atoms. The predicted molar refractivity (Wildman–Crippen MR) is 128 cm³/mol. The van der Waals surface area contributed by atoms with E-state index < -0.39 is 0 Å². The summed E-state index contributed by atoms with van der Waals surface area (Å²) in [6.07, 6.45) is 0. The third-order valence-corrected chi connectivity index (χ3v) is 5.75. The summed E-state index contributed by atoms with van der Waals surface area (Å²) in [4.78, 5) is 18.3. The quantitative estimate of drug-likeness (QED) is 0.354. The van der Waals surface area contributed by atoms with E-state index in [0.29, 0.717) is 5.56 Å². The topological polar surface area (TPSA) is 42.0 Å². The Morgan fingerprint density at radius 2 is 1.53 bits per heavy atom. The van der Waals surface area contributed by atoms with Crippen LogP contribution in [0.25, 0.3) is 22.2 Å². The number of nitrogens with one attached hydrogen (secondary N) is 1. The lowest BCUT2D eigenvalue weighted by atomic mass is 10.0. The van der Waals surface area contributed by atoms with Crippen LogP contribution in [0.4, 0.5) is 5.69 Å². The second-order valence-corrected chi connectivity index (χ2v) is 8.73. The van der Waals surface area contributed by atoms with Crippen LogP contribution in [0.15, 0.2) is 65.1 Å². The highest BCUT2D eigenvalue weighted by molar-refractivity contribution is 9.10. The third kappa shape index (κ3) is 4.01. The van der Waals surface area contributed by atoms with Crippen LogP contribution in [-0.2, 0) is 0 Å². The minimum atomic E-state index is -0.139. The van der Waals surface area contributed by atoms with Crippen LogP contribution >= 0.6 is 15.9 Å². The van der Waals surface area contributed by atoms with Crippen LogP contribution in [0, 0.1) is 27.7 Å². The Labute approximate surface area is 185 Å². The number of pyridine rings is 1. The number of amides is 1. The first-order valence-corrected chi connectivity index (χ1v) is 10.7. The Kier molecular flexibility index (Phi) is 5.44. The SMILES string of the molecule is Cc1ccc(-c2cc(C(=O)Nc3ccc(C)cc3C)c3cc(Br)cc(C)c3n2)cc1. The van der Waals surface area contributed by atoms with Crippen molar-refractivity contribution in [1.29, 1.82) is 0 Å². The van der Waals surface area contributed by atoms with Crippen LogP contribution in [0.5, 0.6) is 0 Å². The lowest BCUT2D eigenvalue weighted by Crippen LogP contribution is -2.14. The first-order chi connectivity index (χ1) is 14.3. The van der Waals surface area contributed by atoms with Gasteiger partial charge in [-0.3, -0.25) is 4.79 Å². The smallest absolute Gasteiger partial charge is 0.256 e. The maximum Gasteiger partial charge on any atom is 0.256 e. The number of aryl methyl sites for hydroxylation is 4. The Hall–Kier alpha value is -2.98. The molecule has 0 aliphatic rings. The van der Waals surface area contributed by atoms with Crippen molar-refractivity contribution in [3.8, 4) is 11.3 Å². The van der Waals surface area contributed by atoms with E-state index in [1.807, 2.05) is 63.2 Å². The van der Waals surface area contributed by atoms with Crippen molar-refractivity contribution in [2.45, 2.75) is 27.7 Å². The fraction of sp³-hybridized carbons (Fsp3) is 0.154. The van der Waals surface area contributed by atoms with Crippen LogP contribution in [0.3, 0.4) is 0 Å². The van der Waals surface area contributed by atoms with E-state index in [1.165, 1.54) is 11.1 Å². The molecule has 3 aromatic carbocycles. The average Bonchev–Trinajstić information content (AvgIpc) is 2.70. The van der Waals surface area contributed by atoms with Gasteiger partial charge in [-0.2, -0.15) is 0 Å². The fourth-order valence-corrected chi connectivity index (χ4v) is 4.23. The monoisotopic (exact) mass is 458 g/mol. The van der Waals surface area contributed by atoms with E-state index in [0.717, 1.165) is 43.4 Å². The summed E-state index contributed by atoms with van der Waals surface area (Å²) in [6, 6.07) is 20.1. The van der Waals surface area contributed by atoms with E-state index >= 15 is 0 Å². The van der Waals surface area contributed by atoms with Crippen LogP contribution < -0.4 is 5.32 Å². The van der Waals surface area contributed by atoms with Crippen molar-refractivity contribution in [2.24, 2.45) is 0 Å². The zero-order valence-electron chi connectivity index (χ0n) is 17.5. The highest BCUT2D eigenvalue weighted by Gasteiger charge is 2.17. The summed E-state index contributed by atoms with van der Waals surface area (Å²) >= 11 is 3.56. The second kappa shape index (κ2) is 8.04. The summed E-state index contributed by atoms with van der Waals surface area (Å²) in [6.45, 7) is 8.13. The largest absolute Gasteiger partial charge is 0.322 e. The molecule has 0 unspecified atom stereocenters. The first kappa shape index (κ1) is 20.3. The molecule has 0 aliphatic heterocycles. The fourth-order valence-electron chi connectivity index (χ4n) is 3.66. The van der Waals surface area contributed by atoms with Gasteiger partial charge in [0, 0.05) is 21.1 Å². The molecule has 0 atom stereocenters. The normalized spacial score (nSPS) is 11.0. The van der Waals surface area contributed by atoms with Gasteiger partial charge in [0.25, 0.3) is 5.91 Å². The number of nitrogens with zero attached hydrogens (tertiary/aromatic N) is 1. The molecule has 0 aliphatic carbocycles. The minimum Gasteiger partial charge on any atom is -0.322 e. The number of benzene rings is 3. The zero-order valence-corrected chi connectivity index (χ0v) is 19.1. The Bertz CT molecular complexity index is 1280. The lowest BCUT2D eigenvalue weighted by molar-refractivity contribution is 0.102. The molecule has 30 heavy (non-hydrogen) atoms. The minimum absolute atomic E-state index is 0.139. The van der Waals surface area contributed by atoms with E-state index in [9.17, 15) is 4.79 Å². The number of hydrogen-bond donors (Lipinski definition) is 1. The van der Waals surface area contributed by atoms with Crippen molar-refractivity contribution in [3.05, 3.63) is 93.0 Å². The molecule has 3 nitrogen and oxygen atoms in total. The van der Waals surface area contributed by atoms with E-state index in [4.69, 9.17) is 4.98 Å². The van der Waals surface area contributed by atoms with Gasteiger partial charge in [0.1, 0.15) is 0 Å². The van der Waals surface area contributed by atoms with Crippen molar-refractivity contribution >= 4 is 38.4 Å². The number of hydrogen-bond acceptors (Lipinski definition) is 2. The van der Waals surface area contributed by atoms with Gasteiger partial charge in [0.15, 0.2) is 0 Å². The summed E-state index contributed by atoms with van der Waals surface area (Å²) in [5, 5.41) is 3.92. The Balaban J connectivity index is 1.87. The van der Waals surface area contributed by atoms with Gasteiger partial charge in [-0.15, -0.1) is 0 Å². The van der Waals surface area contributed by atoms with Gasteiger partial charge in [0.05, 0.1) is 16.8 Å². The van der Waals surface area contributed by atoms with E-state index in [2.05, 4.69) is 46.4 Å². The maximum absolute atomic E-state index is 13.4. The summed E-state index contributed by atoms with van der Waals surface area (Å²) < 4.78 is 0.929. The molecule has 1 heterocycles. The van der Waals surface area contributed by atoms with Crippen molar-refractivity contribution in [2.75, 3.05) is 5.32 Å². The molecule has 0 saturated carbocycles. The summed E-state index contributed by atoms with van der Waals surface area (Å²) in [5.41, 5.74) is 8.46. The van der Waals surface area contributed by atoms with Gasteiger partial charge in [-0.25, -0.2) is 4.98 Å². The van der Waals surface area contributed by atoms with Crippen molar-refractivity contribution < 1.29 is 4.79 Å². The van der Waals surface area contributed by atoms with Crippen molar-refractivity contribution in [3.63, 3.8) is 0 Å². The van der Waals surface area contributed by atoms with Gasteiger partial charge < -0.3 is 5.32 Å². The van der Waals surface area contributed by atoms with Gasteiger partial charge in [-0.05, 0) is 63.1 Å². The van der Waals surface area contributed by atoms with Crippen molar-refractivity contribution in [1.82, 2.24) is 4.98 Å². The van der Waals surface area contributed by atoms with Gasteiger partial charge in [-0.1, -0.05) is 63.5 Å². The Morgan fingerprint density at radius 1 is 0.833 bits per heavy atom. The predicted octanol–water partition coefficient (Wildman–Crippen LogP) is 7.15.